The predicted molar refractivity (Wildman–Crippen MR) is 118 cm³/mol. The zero-order valence-electron chi connectivity index (χ0n) is 17.7. The van der Waals surface area contributed by atoms with Crippen molar-refractivity contribution in [2.24, 2.45) is 0 Å². The fraction of sp³-hybridized carbons (Fsp3) is 0.182. The third-order valence-corrected chi connectivity index (χ3v) is 4.77. The number of amides is 2. The van der Waals surface area contributed by atoms with Gasteiger partial charge in [-0.2, -0.15) is 5.10 Å². The third kappa shape index (κ3) is 4.86. The molecule has 0 fully saturated rings. The number of nitrogens with zero attached hydrogens (tertiary/aromatic N) is 4. The number of hydrogen-bond donors (Lipinski definition) is 1. The second-order valence-corrected chi connectivity index (χ2v) is 7.19. The molecule has 32 heavy (non-hydrogen) atoms. The van der Waals surface area contributed by atoms with E-state index in [0.29, 0.717) is 17.9 Å². The van der Waals surface area contributed by atoms with Gasteiger partial charge in [0, 0.05) is 44.0 Å². The van der Waals surface area contributed by atoms with E-state index in [9.17, 15) is 24.5 Å². The molecule has 0 bridgehead atoms. The summed E-state index contributed by atoms with van der Waals surface area (Å²) >= 11 is 0. The first-order valence-electron chi connectivity index (χ1n) is 9.64. The summed E-state index contributed by atoms with van der Waals surface area (Å²) in [5.41, 5.74) is 0.467. The van der Waals surface area contributed by atoms with Gasteiger partial charge >= 0.3 is 0 Å². The van der Waals surface area contributed by atoms with E-state index in [0.717, 1.165) is 5.56 Å². The number of nitro benzene ring substituents is 1. The molecular formula is C22H21N5O5. The Morgan fingerprint density at radius 2 is 1.88 bits per heavy atom. The lowest BCUT2D eigenvalue weighted by atomic mass is 10.2. The van der Waals surface area contributed by atoms with Crippen molar-refractivity contribution in [2.45, 2.75) is 20.4 Å². The molecule has 0 radical (unpaired) electrons. The molecule has 1 N–H and O–H groups in total. The average molecular weight is 435 g/mol. The molecule has 1 heterocycles. The minimum atomic E-state index is -0.751. The van der Waals surface area contributed by atoms with Crippen molar-refractivity contribution < 1.29 is 14.5 Å². The highest BCUT2D eigenvalue weighted by atomic mass is 16.6. The Morgan fingerprint density at radius 1 is 1.16 bits per heavy atom. The van der Waals surface area contributed by atoms with Crippen molar-refractivity contribution >= 4 is 23.2 Å². The molecule has 0 aliphatic rings. The van der Waals surface area contributed by atoms with E-state index < -0.39 is 22.0 Å². The summed E-state index contributed by atoms with van der Waals surface area (Å²) in [6.07, 6.45) is 0. The Hall–Kier alpha value is -4.34. The number of aromatic nitrogens is 2. The van der Waals surface area contributed by atoms with Crippen molar-refractivity contribution in [1.29, 1.82) is 0 Å². The lowest BCUT2D eigenvalue weighted by molar-refractivity contribution is -0.384. The van der Waals surface area contributed by atoms with Gasteiger partial charge in [-0.05, 0) is 30.7 Å². The van der Waals surface area contributed by atoms with Gasteiger partial charge in [0.1, 0.15) is 5.69 Å². The highest BCUT2D eigenvalue weighted by Gasteiger charge is 2.20. The molecule has 0 saturated heterocycles. The summed E-state index contributed by atoms with van der Waals surface area (Å²) < 4.78 is 1.20. The fourth-order valence-electron chi connectivity index (χ4n) is 3.07. The maximum atomic E-state index is 12.8. The van der Waals surface area contributed by atoms with Crippen LogP contribution in [0.1, 0.15) is 28.7 Å². The first-order chi connectivity index (χ1) is 15.2. The molecule has 3 aromatic rings. The lowest BCUT2D eigenvalue weighted by Crippen LogP contribution is -2.27. The molecule has 0 saturated carbocycles. The van der Waals surface area contributed by atoms with Crippen LogP contribution in [-0.4, -0.2) is 38.5 Å². The van der Waals surface area contributed by atoms with Crippen molar-refractivity contribution in [2.75, 3.05) is 12.4 Å². The molecule has 0 spiro atoms. The van der Waals surface area contributed by atoms with Crippen LogP contribution in [0.25, 0.3) is 5.69 Å². The number of carbonyl (C=O) groups is 2. The molecule has 10 heteroatoms. The largest absolute Gasteiger partial charge is 0.342 e. The van der Waals surface area contributed by atoms with E-state index in [1.54, 1.807) is 44.3 Å². The van der Waals surface area contributed by atoms with Crippen LogP contribution in [-0.2, 0) is 11.3 Å². The van der Waals surface area contributed by atoms with E-state index in [1.807, 2.05) is 0 Å². The zero-order valence-corrected chi connectivity index (χ0v) is 17.7. The standard InChI is InChI=1S/C22H21N5O5/c1-14-11-20(29)21(24-26(14)18-9-4-5-10-19(18)27(31)32)22(30)23-17-8-6-7-16(12-17)13-25(3)15(2)28/h4-12H,13H2,1-3H3,(H,23,30). The Balaban J connectivity index is 1.94. The Morgan fingerprint density at radius 3 is 2.56 bits per heavy atom. The molecule has 0 atom stereocenters. The number of nitro groups is 1. The lowest BCUT2D eigenvalue weighted by Gasteiger charge is -2.15. The van der Waals surface area contributed by atoms with E-state index in [4.69, 9.17) is 0 Å². The normalized spacial score (nSPS) is 10.5. The number of carbonyl (C=O) groups excluding carboxylic acids is 2. The summed E-state index contributed by atoms with van der Waals surface area (Å²) in [5, 5.41) is 18.1. The smallest absolute Gasteiger partial charge is 0.294 e. The van der Waals surface area contributed by atoms with Crippen LogP contribution in [0.15, 0.2) is 59.4 Å². The molecule has 3 rings (SSSR count). The van der Waals surface area contributed by atoms with Crippen molar-refractivity contribution in [3.05, 3.63) is 91.9 Å². The molecule has 164 valence electrons. The number of hydrogen-bond acceptors (Lipinski definition) is 6. The maximum Gasteiger partial charge on any atom is 0.294 e. The summed E-state index contributed by atoms with van der Waals surface area (Å²) in [7, 11) is 1.66. The summed E-state index contributed by atoms with van der Waals surface area (Å²) in [6.45, 7) is 3.38. The van der Waals surface area contributed by atoms with Gasteiger partial charge in [0.2, 0.25) is 11.3 Å². The van der Waals surface area contributed by atoms with Crippen molar-refractivity contribution in [1.82, 2.24) is 14.7 Å². The van der Waals surface area contributed by atoms with Gasteiger partial charge in [0.25, 0.3) is 11.6 Å². The van der Waals surface area contributed by atoms with E-state index in [1.165, 1.54) is 40.8 Å². The van der Waals surface area contributed by atoms with Crippen LogP contribution in [0.3, 0.4) is 0 Å². The average Bonchev–Trinajstić information content (AvgIpc) is 2.74. The molecular weight excluding hydrogens is 414 g/mol. The maximum absolute atomic E-state index is 12.8. The van der Waals surface area contributed by atoms with Gasteiger partial charge in [-0.25, -0.2) is 4.68 Å². The van der Waals surface area contributed by atoms with Crippen LogP contribution in [0.2, 0.25) is 0 Å². The van der Waals surface area contributed by atoms with E-state index in [2.05, 4.69) is 10.4 Å². The second-order valence-electron chi connectivity index (χ2n) is 7.19. The Kier molecular flexibility index (Phi) is 6.43. The van der Waals surface area contributed by atoms with E-state index in [-0.39, 0.29) is 17.3 Å². The first-order valence-corrected chi connectivity index (χ1v) is 9.64. The van der Waals surface area contributed by atoms with E-state index >= 15 is 0 Å². The number of benzene rings is 2. The quantitative estimate of drug-likeness (QED) is 0.468. The van der Waals surface area contributed by atoms with Gasteiger partial charge < -0.3 is 10.2 Å². The highest BCUT2D eigenvalue weighted by molar-refractivity contribution is 6.02. The fourth-order valence-corrected chi connectivity index (χ4v) is 3.07. The minimum Gasteiger partial charge on any atom is -0.342 e. The van der Waals surface area contributed by atoms with Gasteiger partial charge in [-0.15, -0.1) is 0 Å². The number of nitrogens with one attached hydrogen (secondary N) is 1. The number of para-hydroxylation sites is 2. The number of rotatable bonds is 6. The summed E-state index contributed by atoms with van der Waals surface area (Å²) in [6, 6.07) is 14.0. The minimum absolute atomic E-state index is 0.0983. The molecule has 0 unspecified atom stereocenters. The van der Waals surface area contributed by atoms with Crippen LogP contribution in [0, 0.1) is 17.0 Å². The second kappa shape index (κ2) is 9.21. The number of aryl methyl sites for hydroxylation is 1. The summed E-state index contributed by atoms with van der Waals surface area (Å²) in [5.74, 6) is -0.849. The molecule has 10 nitrogen and oxygen atoms in total. The molecule has 0 aliphatic heterocycles. The Bertz CT molecular complexity index is 1270. The van der Waals surface area contributed by atoms with Crippen LogP contribution < -0.4 is 10.7 Å². The molecule has 2 amide bonds. The zero-order chi connectivity index (χ0) is 23.4. The monoisotopic (exact) mass is 435 g/mol. The van der Waals surface area contributed by atoms with Crippen LogP contribution >= 0.6 is 0 Å². The molecule has 0 aliphatic carbocycles. The SMILES string of the molecule is CC(=O)N(C)Cc1cccc(NC(=O)c2nn(-c3ccccc3[N+](=O)[O-])c(C)cc2=O)c1. The highest BCUT2D eigenvalue weighted by Crippen LogP contribution is 2.22. The molecule has 2 aromatic carbocycles. The summed E-state index contributed by atoms with van der Waals surface area (Å²) in [4.78, 5) is 49.0. The van der Waals surface area contributed by atoms with Gasteiger partial charge in [0.15, 0.2) is 5.69 Å². The third-order valence-electron chi connectivity index (χ3n) is 4.77. The van der Waals surface area contributed by atoms with Gasteiger partial charge in [0.05, 0.1) is 4.92 Å². The van der Waals surface area contributed by atoms with Crippen LogP contribution in [0.5, 0.6) is 0 Å². The molecule has 1 aromatic heterocycles. The predicted octanol–water partition coefficient (Wildman–Crippen LogP) is 2.68. The van der Waals surface area contributed by atoms with Gasteiger partial charge in [-0.3, -0.25) is 24.5 Å². The topological polar surface area (TPSA) is 127 Å². The van der Waals surface area contributed by atoms with Crippen LogP contribution in [0.4, 0.5) is 11.4 Å². The Labute approximate surface area is 183 Å². The first kappa shape index (κ1) is 22.3. The van der Waals surface area contributed by atoms with Gasteiger partial charge in [-0.1, -0.05) is 24.3 Å². The van der Waals surface area contributed by atoms with Crippen molar-refractivity contribution in [3.8, 4) is 5.69 Å². The van der Waals surface area contributed by atoms with Crippen molar-refractivity contribution in [3.63, 3.8) is 0 Å². The number of anilines is 1.